The van der Waals surface area contributed by atoms with Gasteiger partial charge >= 0.3 is 0 Å². The number of allylic oxidation sites excluding steroid dienone is 2. The molecule has 26 heavy (non-hydrogen) atoms. The highest BCUT2D eigenvalue weighted by Crippen LogP contribution is 2.46. The number of rotatable bonds is 4. The highest BCUT2D eigenvalue weighted by Gasteiger charge is 2.46. The normalized spacial score (nSPS) is 20.0. The Morgan fingerprint density at radius 1 is 1.08 bits per heavy atom. The fourth-order valence-corrected chi connectivity index (χ4v) is 4.78. The van der Waals surface area contributed by atoms with Crippen LogP contribution in [0.5, 0.6) is 0 Å². The maximum atomic E-state index is 5.91. The van der Waals surface area contributed by atoms with Crippen molar-refractivity contribution in [2.45, 2.75) is 18.8 Å². The van der Waals surface area contributed by atoms with Crippen LogP contribution in [0.2, 0.25) is 0 Å². The Morgan fingerprint density at radius 3 is 2.69 bits per heavy atom. The van der Waals surface area contributed by atoms with Crippen LogP contribution in [-0.2, 0) is 5.41 Å². The van der Waals surface area contributed by atoms with Gasteiger partial charge < -0.3 is 0 Å². The van der Waals surface area contributed by atoms with E-state index in [1.807, 2.05) is 0 Å². The topological polar surface area (TPSA) is 3.01 Å². The van der Waals surface area contributed by atoms with Crippen LogP contribution in [0.4, 0.5) is 5.69 Å². The first-order chi connectivity index (χ1) is 12.6. The fraction of sp³-hybridized carbons (Fsp3) is 0.174. The molecule has 0 spiro atoms. The van der Waals surface area contributed by atoms with Crippen LogP contribution in [0.15, 0.2) is 71.6 Å². The molecule has 0 saturated heterocycles. The SMILES string of the molecule is C[N+]1=C(C=Cc2cccs2)C(C)(CC=CCl)c2c1ccc1ccccc21. The number of hydrogen-bond donors (Lipinski definition) is 0. The maximum Gasteiger partial charge on any atom is 0.210 e. The van der Waals surface area contributed by atoms with Gasteiger partial charge in [-0.15, -0.1) is 11.3 Å². The maximum absolute atomic E-state index is 5.91. The van der Waals surface area contributed by atoms with Gasteiger partial charge in [0.25, 0.3) is 0 Å². The second-order valence-corrected chi connectivity index (χ2v) is 8.10. The molecule has 1 aromatic heterocycles. The van der Waals surface area contributed by atoms with E-state index in [1.54, 1.807) is 16.9 Å². The zero-order valence-electron chi connectivity index (χ0n) is 14.9. The minimum Gasteiger partial charge on any atom is -0.198 e. The molecular formula is C23H21ClNS+. The van der Waals surface area contributed by atoms with Crippen LogP contribution in [0, 0.1) is 0 Å². The molecule has 2 heterocycles. The van der Waals surface area contributed by atoms with Crippen molar-refractivity contribution in [1.82, 2.24) is 0 Å². The Labute approximate surface area is 163 Å². The predicted octanol–water partition coefficient (Wildman–Crippen LogP) is 6.74. The van der Waals surface area contributed by atoms with Crippen LogP contribution in [-0.4, -0.2) is 17.3 Å². The van der Waals surface area contributed by atoms with E-state index in [9.17, 15) is 0 Å². The van der Waals surface area contributed by atoms with Crippen molar-refractivity contribution < 1.29 is 4.58 Å². The largest absolute Gasteiger partial charge is 0.210 e. The lowest BCUT2D eigenvalue weighted by Crippen LogP contribution is -2.30. The third kappa shape index (κ3) is 2.74. The number of fused-ring (bicyclic) bond motifs is 3. The molecule has 3 heteroatoms. The van der Waals surface area contributed by atoms with Crippen LogP contribution in [0.3, 0.4) is 0 Å². The lowest BCUT2D eigenvalue weighted by atomic mass is 9.74. The van der Waals surface area contributed by atoms with E-state index in [-0.39, 0.29) is 5.41 Å². The van der Waals surface area contributed by atoms with E-state index >= 15 is 0 Å². The highest BCUT2D eigenvalue weighted by atomic mass is 35.5. The Bertz CT molecular complexity index is 1040. The first-order valence-corrected chi connectivity index (χ1v) is 10.1. The molecule has 1 nitrogen and oxygen atoms in total. The number of benzene rings is 2. The van der Waals surface area contributed by atoms with Gasteiger partial charge in [-0.1, -0.05) is 48.0 Å². The Kier molecular flexibility index (Phi) is 4.56. The van der Waals surface area contributed by atoms with E-state index in [2.05, 4.69) is 90.7 Å². The van der Waals surface area contributed by atoms with Gasteiger partial charge in [-0.05, 0) is 47.7 Å². The van der Waals surface area contributed by atoms with E-state index in [1.165, 1.54) is 32.6 Å². The molecule has 0 amide bonds. The van der Waals surface area contributed by atoms with Gasteiger partial charge in [0, 0.05) is 28.1 Å². The van der Waals surface area contributed by atoms with Crippen LogP contribution in [0.25, 0.3) is 16.8 Å². The summed E-state index contributed by atoms with van der Waals surface area (Å²) in [5.74, 6) is 0. The van der Waals surface area contributed by atoms with E-state index in [0.29, 0.717) is 0 Å². The average molecular weight is 379 g/mol. The molecule has 1 aliphatic heterocycles. The lowest BCUT2D eigenvalue weighted by molar-refractivity contribution is -0.401. The molecule has 3 aromatic rings. The summed E-state index contributed by atoms with van der Waals surface area (Å²) in [7, 11) is 2.16. The molecule has 0 bridgehead atoms. The van der Waals surface area contributed by atoms with Gasteiger partial charge in [-0.25, -0.2) is 0 Å². The fourth-order valence-electron chi connectivity index (χ4n) is 4.08. The molecule has 0 radical (unpaired) electrons. The number of halogens is 1. The highest BCUT2D eigenvalue weighted by molar-refractivity contribution is 7.10. The molecule has 1 atom stereocenters. The first kappa shape index (κ1) is 17.3. The molecule has 1 unspecified atom stereocenters. The van der Waals surface area contributed by atoms with Crippen LogP contribution >= 0.6 is 22.9 Å². The number of nitrogens with zero attached hydrogens (tertiary/aromatic N) is 1. The van der Waals surface area contributed by atoms with Crippen molar-refractivity contribution in [1.29, 1.82) is 0 Å². The van der Waals surface area contributed by atoms with E-state index in [0.717, 1.165) is 6.42 Å². The van der Waals surface area contributed by atoms with Crippen molar-refractivity contribution in [3.63, 3.8) is 0 Å². The summed E-state index contributed by atoms with van der Waals surface area (Å²) < 4.78 is 2.33. The lowest BCUT2D eigenvalue weighted by Gasteiger charge is -2.22. The molecule has 4 rings (SSSR count). The molecule has 0 aliphatic carbocycles. The summed E-state index contributed by atoms with van der Waals surface area (Å²) in [6, 6.07) is 17.3. The van der Waals surface area contributed by atoms with Crippen molar-refractivity contribution in [3.05, 3.63) is 82.0 Å². The van der Waals surface area contributed by atoms with Crippen molar-refractivity contribution in [3.8, 4) is 0 Å². The predicted molar refractivity (Wildman–Crippen MR) is 115 cm³/mol. The van der Waals surface area contributed by atoms with Crippen LogP contribution in [0.1, 0.15) is 23.8 Å². The van der Waals surface area contributed by atoms with Gasteiger partial charge in [0.1, 0.15) is 7.05 Å². The molecule has 0 fully saturated rings. The van der Waals surface area contributed by atoms with Gasteiger partial charge in [-0.2, -0.15) is 4.58 Å². The summed E-state index contributed by atoms with van der Waals surface area (Å²) in [6.07, 6.45) is 7.41. The molecule has 0 saturated carbocycles. The third-order valence-corrected chi connectivity index (χ3v) is 6.33. The Morgan fingerprint density at radius 2 is 1.92 bits per heavy atom. The zero-order valence-corrected chi connectivity index (χ0v) is 16.5. The summed E-state index contributed by atoms with van der Waals surface area (Å²) in [5, 5.41) is 4.71. The minimum atomic E-state index is -0.121. The van der Waals surface area contributed by atoms with Gasteiger partial charge in [0.15, 0.2) is 5.71 Å². The molecular weight excluding hydrogens is 358 g/mol. The summed E-state index contributed by atoms with van der Waals surface area (Å²) in [6.45, 7) is 2.33. The minimum absolute atomic E-state index is 0.121. The molecule has 1 aliphatic rings. The summed E-state index contributed by atoms with van der Waals surface area (Å²) >= 11 is 7.67. The smallest absolute Gasteiger partial charge is 0.198 e. The van der Waals surface area contributed by atoms with Gasteiger partial charge in [0.05, 0.1) is 5.41 Å². The Balaban J connectivity index is 1.93. The molecule has 0 N–H and O–H groups in total. The van der Waals surface area contributed by atoms with Crippen molar-refractivity contribution >= 4 is 51.2 Å². The van der Waals surface area contributed by atoms with Gasteiger partial charge in [-0.3, -0.25) is 0 Å². The third-order valence-electron chi connectivity index (χ3n) is 5.31. The van der Waals surface area contributed by atoms with E-state index in [4.69, 9.17) is 11.6 Å². The van der Waals surface area contributed by atoms with Crippen molar-refractivity contribution in [2.24, 2.45) is 0 Å². The summed E-state index contributed by atoms with van der Waals surface area (Å²) in [5.41, 5.74) is 5.48. The van der Waals surface area contributed by atoms with Gasteiger partial charge in [0.2, 0.25) is 5.69 Å². The quantitative estimate of drug-likeness (QED) is 0.442. The first-order valence-electron chi connectivity index (χ1n) is 8.75. The Hall–Kier alpha value is -2.16. The average Bonchev–Trinajstić information content (AvgIpc) is 3.25. The van der Waals surface area contributed by atoms with Crippen molar-refractivity contribution in [2.75, 3.05) is 7.05 Å². The standard InChI is InChI=1S/C23H21ClNS/c1-23(14-6-15-24)21(13-11-18-8-5-16-26-18)25(2)20-12-10-17-7-3-4-9-19(17)22(20)23/h3-13,15-16H,14H2,1-2H3/q+1. The second kappa shape index (κ2) is 6.86. The van der Waals surface area contributed by atoms with Crippen LogP contribution < -0.4 is 0 Å². The zero-order chi connectivity index (χ0) is 18.1. The second-order valence-electron chi connectivity index (χ2n) is 6.87. The molecule has 130 valence electrons. The van der Waals surface area contributed by atoms with E-state index < -0.39 is 0 Å². The number of thiophene rings is 1. The monoisotopic (exact) mass is 378 g/mol. The summed E-state index contributed by atoms with van der Waals surface area (Å²) in [4.78, 5) is 1.27. The molecule has 2 aromatic carbocycles. The number of hydrogen-bond acceptors (Lipinski definition) is 1.